The summed E-state index contributed by atoms with van der Waals surface area (Å²) in [5.74, 6) is -0.528. The summed E-state index contributed by atoms with van der Waals surface area (Å²) in [5.41, 5.74) is 6.08. The number of halogens is 2. The van der Waals surface area contributed by atoms with E-state index in [9.17, 15) is 4.39 Å². The second-order valence-electron chi connectivity index (χ2n) is 3.32. The van der Waals surface area contributed by atoms with E-state index in [2.05, 4.69) is 0 Å². The number of benzene rings is 1. The van der Waals surface area contributed by atoms with Gasteiger partial charge in [-0.05, 0) is 18.6 Å². The van der Waals surface area contributed by atoms with Crippen LogP contribution in [0.1, 0.15) is 18.3 Å². The minimum Gasteiger partial charge on any atom is -0.396 e. The molecule has 3 nitrogen and oxygen atoms in total. The molecule has 1 fully saturated rings. The Morgan fingerprint density at radius 2 is 2.00 bits per heavy atom. The first kappa shape index (κ1) is 10.7. The van der Waals surface area contributed by atoms with Gasteiger partial charge >= 0.3 is 0 Å². The van der Waals surface area contributed by atoms with Crippen LogP contribution >= 0.6 is 11.6 Å². The van der Waals surface area contributed by atoms with Crippen LogP contribution in [0.5, 0.6) is 0 Å². The molecule has 0 amide bonds. The van der Waals surface area contributed by atoms with Crippen molar-refractivity contribution in [1.82, 2.24) is 0 Å². The van der Waals surface area contributed by atoms with Gasteiger partial charge in [0.1, 0.15) is 5.82 Å². The molecule has 0 aliphatic carbocycles. The third-order valence-corrected chi connectivity index (χ3v) is 2.52. The minimum atomic E-state index is -0.533. The van der Waals surface area contributed by atoms with Crippen LogP contribution in [0.2, 0.25) is 5.02 Å². The van der Waals surface area contributed by atoms with Crippen LogP contribution in [0.3, 0.4) is 0 Å². The molecule has 1 heterocycles. The maximum Gasteiger partial charge on any atom is 0.185 e. The second-order valence-corrected chi connectivity index (χ2v) is 3.73. The van der Waals surface area contributed by atoms with Crippen molar-refractivity contribution in [1.29, 1.82) is 0 Å². The van der Waals surface area contributed by atoms with E-state index in [0.29, 0.717) is 18.8 Å². The van der Waals surface area contributed by atoms with Gasteiger partial charge in [-0.15, -0.1) is 0 Å². The van der Waals surface area contributed by atoms with Crippen molar-refractivity contribution < 1.29 is 13.9 Å². The van der Waals surface area contributed by atoms with Gasteiger partial charge in [-0.3, -0.25) is 0 Å². The zero-order chi connectivity index (χ0) is 10.8. The molecule has 0 unspecified atom stereocenters. The zero-order valence-corrected chi connectivity index (χ0v) is 8.76. The topological polar surface area (TPSA) is 44.5 Å². The molecule has 5 heteroatoms. The number of rotatable bonds is 1. The highest BCUT2D eigenvalue weighted by atomic mass is 35.5. The van der Waals surface area contributed by atoms with Crippen LogP contribution in [0, 0.1) is 5.82 Å². The molecule has 0 bridgehead atoms. The van der Waals surface area contributed by atoms with Crippen molar-refractivity contribution in [2.75, 3.05) is 18.9 Å². The van der Waals surface area contributed by atoms with Gasteiger partial charge in [-0.1, -0.05) is 11.6 Å². The Labute approximate surface area is 91.9 Å². The molecule has 0 spiro atoms. The molecule has 82 valence electrons. The Kier molecular flexibility index (Phi) is 3.09. The van der Waals surface area contributed by atoms with Crippen LogP contribution < -0.4 is 5.73 Å². The Morgan fingerprint density at radius 1 is 1.33 bits per heavy atom. The Bertz CT molecular complexity index is 367. The lowest BCUT2D eigenvalue weighted by Gasteiger charge is -2.24. The third kappa shape index (κ3) is 2.22. The first-order valence-electron chi connectivity index (χ1n) is 4.66. The van der Waals surface area contributed by atoms with Crippen LogP contribution in [-0.2, 0) is 9.47 Å². The highest BCUT2D eigenvalue weighted by molar-refractivity contribution is 6.31. The summed E-state index contributed by atoms with van der Waals surface area (Å²) in [5, 5.41) is 0.272. The SMILES string of the molecule is Nc1cc(C2OCCCO2)c(Cl)cc1F. The van der Waals surface area contributed by atoms with Crippen LogP contribution in [0.15, 0.2) is 12.1 Å². The van der Waals surface area contributed by atoms with Gasteiger partial charge in [0, 0.05) is 5.56 Å². The summed E-state index contributed by atoms with van der Waals surface area (Å²) < 4.78 is 23.7. The van der Waals surface area contributed by atoms with E-state index < -0.39 is 12.1 Å². The summed E-state index contributed by atoms with van der Waals surface area (Å²) in [6.07, 6.45) is 0.319. The van der Waals surface area contributed by atoms with Crippen molar-refractivity contribution in [2.24, 2.45) is 0 Å². The van der Waals surface area contributed by atoms with Gasteiger partial charge < -0.3 is 15.2 Å². The monoisotopic (exact) mass is 231 g/mol. The molecule has 2 rings (SSSR count). The summed E-state index contributed by atoms with van der Waals surface area (Å²) in [6, 6.07) is 2.63. The highest BCUT2D eigenvalue weighted by Gasteiger charge is 2.20. The molecule has 1 aromatic rings. The van der Waals surface area contributed by atoms with Crippen molar-refractivity contribution in [3.05, 3.63) is 28.5 Å². The molecular weight excluding hydrogens is 221 g/mol. The number of nitrogen functional groups attached to an aromatic ring is 1. The predicted octanol–water partition coefficient (Wildman–Crippen LogP) is 2.50. The molecule has 1 aliphatic heterocycles. The summed E-state index contributed by atoms with van der Waals surface area (Å²) in [4.78, 5) is 0. The van der Waals surface area contributed by atoms with Gasteiger partial charge in [0.15, 0.2) is 6.29 Å². The van der Waals surface area contributed by atoms with E-state index in [0.717, 1.165) is 6.42 Å². The molecule has 1 aromatic carbocycles. The Balaban J connectivity index is 2.30. The van der Waals surface area contributed by atoms with Gasteiger partial charge in [0.25, 0.3) is 0 Å². The fraction of sp³-hybridized carbons (Fsp3) is 0.400. The van der Waals surface area contributed by atoms with Crippen LogP contribution in [0.4, 0.5) is 10.1 Å². The van der Waals surface area contributed by atoms with Gasteiger partial charge in [-0.2, -0.15) is 0 Å². The van der Waals surface area contributed by atoms with Crippen molar-refractivity contribution >= 4 is 17.3 Å². The van der Waals surface area contributed by atoms with Crippen molar-refractivity contribution in [3.63, 3.8) is 0 Å². The lowest BCUT2D eigenvalue weighted by Crippen LogP contribution is -2.18. The number of hydrogen-bond donors (Lipinski definition) is 1. The zero-order valence-electron chi connectivity index (χ0n) is 8.00. The standard InChI is InChI=1S/C10H11ClFNO2/c11-7-5-8(12)9(13)4-6(7)10-14-2-1-3-15-10/h4-5,10H,1-3,13H2. The molecule has 1 saturated heterocycles. The third-order valence-electron chi connectivity index (χ3n) is 2.20. The number of nitrogens with two attached hydrogens (primary N) is 1. The number of hydrogen-bond acceptors (Lipinski definition) is 3. The van der Waals surface area contributed by atoms with Crippen LogP contribution in [-0.4, -0.2) is 13.2 Å². The number of anilines is 1. The van der Waals surface area contributed by atoms with Gasteiger partial charge in [-0.25, -0.2) is 4.39 Å². The average Bonchev–Trinajstić information content (AvgIpc) is 2.25. The molecule has 0 radical (unpaired) electrons. The molecular formula is C10H11ClFNO2. The van der Waals surface area contributed by atoms with Gasteiger partial charge in [0.2, 0.25) is 0 Å². The Morgan fingerprint density at radius 3 is 2.67 bits per heavy atom. The molecule has 15 heavy (non-hydrogen) atoms. The summed E-state index contributed by atoms with van der Waals surface area (Å²) in [6.45, 7) is 1.22. The smallest absolute Gasteiger partial charge is 0.185 e. The molecule has 1 aliphatic rings. The van der Waals surface area contributed by atoms with E-state index >= 15 is 0 Å². The van der Waals surface area contributed by atoms with Gasteiger partial charge in [0.05, 0.1) is 23.9 Å². The van der Waals surface area contributed by atoms with E-state index in [1.807, 2.05) is 0 Å². The fourth-order valence-electron chi connectivity index (χ4n) is 1.43. The lowest BCUT2D eigenvalue weighted by molar-refractivity contribution is -0.182. The van der Waals surface area contributed by atoms with E-state index in [1.165, 1.54) is 12.1 Å². The molecule has 0 saturated carbocycles. The Hall–Kier alpha value is -0.840. The van der Waals surface area contributed by atoms with Crippen LogP contribution in [0.25, 0.3) is 0 Å². The fourth-order valence-corrected chi connectivity index (χ4v) is 1.67. The molecule has 0 atom stereocenters. The van der Waals surface area contributed by atoms with Crippen molar-refractivity contribution in [2.45, 2.75) is 12.7 Å². The maximum atomic E-state index is 13.0. The predicted molar refractivity (Wildman–Crippen MR) is 55.1 cm³/mol. The highest BCUT2D eigenvalue weighted by Crippen LogP contribution is 2.31. The molecule has 0 aromatic heterocycles. The summed E-state index contributed by atoms with van der Waals surface area (Å²) >= 11 is 5.88. The largest absolute Gasteiger partial charge is 0.396 e. The average molecular weight is 232 g/mol. The first-order valence-corrected chi connectivity index (χ1v) is 5.04. The number of ether oxygens (including phenoxy) is 2. The molecule has 2 N–H and O–H groups in total. The maximum absolute atomic E-state index is 13.0. The van der Waals surface area contributed by atoms with E-state index in [-0.39, 0.29) is 10.7 Å². The van der Waals surface area contributed by atoms with E-state index in [1.54, 1.807) is 0 Å². The minimum absolute atomic E-state index is 0.0483. The lowest BCUT2D eigenvalue weighted by atomic mass is 10.1. The van der Waals surface area contributed by atoms with E-state index in [4.69, 9.17) is 26.8 Å². The summed E-state index contributed by atoms with van der Waals surface area (Å²) in [7, 11) is 0. The second kappa shape index (κ2) is 4.35. The first-order chi connectivity index (χ1) is 7.18. The van der Waals surface area contributed by atoms with Crippen molar-refractivity contribution in [3.8, 4) is 0 Å². The normalized spacial score (nSPS) is 18.0. The quantitative estimate of drug-likeness (QED) is 0.756.